The fourth-order valence-corrected chi connectivity index (χ4v) is 2.51. The average molecular weight is 272 g/mol. The molecule has 1 N–H and O–H groups in total. The van der Waals surface area contributed by atoms with Gasteiger partial charge in [0.1, 0.15) is 5.75 Å². The zero-order chi connectivity index (χ0) is 14.7. The number of nitrogens with zero attached hydrogens (tertiary/aromatic N) is 1. The predicted molar refractivity (Wildman–Crippen MR) is 83.1 cm³/mol. The molecule has 1 aromatic heterocycles. The van der Waals surface area contributed by atoms with E-state index in [1.54, 1.807) is 7.11 Å². The zero-order valence-corrected chi connectivity index (χ0v) is 13.0. The van der Waals surface area contributed by atoms with Crippen LogP contribution in [0.2, 0.25) is 0 Å². The van der Waals surface area contributed by atoms with Crippen LogP contribution in [-0.2, 0) is 13.6 Å². The molecule has 0 radical (unpaired) electrons. The lowest BCUT2D eigenvalue weighted by Gasteiger charge is -2.17. The van der Waals surface area contributed by atoms with E-state index in [0.29, 0.717) is 0 Å². The van der Waals surface area contributed by atoms with Crippen LogP contribution >= 0.6 is 0 Å². The van der Waals surface area contributed by atoms with Crippen molar-refractivity contribution in [2.75, 3.05) is 7.11 Å². The third-order valence-corrected chi connectivity index (χ3v) is 4.08. The van der Waals surface area contributed by atoms with Crippen LogP contribution in [-0.4, -0.2) is 11.7 Å². The summed E-state index contributed by atoms with van der Waals surface area (Å²) in [6, 6.07) is 10.7. The molecule has 0 saturated heterocycles. The summed E-state index contributed by atoms with van der Waals surface area (Å²) in [4.78, 5) is 0. The van der Waals surface area contributed by atoms with Crippen LogP contribution in [0.3, 0.4) is 0 Å². The molecule has 0 bridgehead atoms. The molecule has 0 spiro atoms. The van der Waals surface area contributed by atoms with Gasteiger partial charge in [0.05, 0.1) is 7.11 Å². The van der Waals surface area contributed by atoms with Crippen LogP contribution < -0.4 is 10.1 Å². The Bertz CT molecular complexity index is 587. The maximum Gasteiger partial charge on any atom is 0.123 e. The highest BCUT2D eigenvalue weighted by molar-refractivity contribution is 5.35. The quantitative estimate of drug-likeness (QED) is 0.901. The van der Waals surface area contributed by atoms with Crippen molar-refractivity contribution in [1.29, 1.82) is 0 Å². The van der Waals surface area contributed by atoms with Gasteiger partial charge < -0.3 is 14.6 Å². The normalized spacial score (nSPS) is 12.4. The highest BCUT2D eigenvalue weighted by Crippen LogP contribution is 2.25. The Kier molecular flexibility index (Phi) is 4.50. The number of nitrogens with one attached hydrogen (secondary N) is 1. The van der Waals surface area contributed by atoms with Crippen molar-refractivity contribution in [2.24, 2.45) is 7.05 Å². The summed E-state index contributed by atoms with van der Waals surface area (Å²) in [5, 5.41) is 3.58. The Morgan fingerprint density at radius 1 is 1.25 bits per heavy atom. The summed E-state index contributed by atoms with van der Waals surface area (Å²) in [5.41, 5.74) is 5.17. The second-order valence-corrected chi connectivity index (χ2v) is 5.30. The van der Waals surface area contributed by atoms with Crippen molar-refractivity contribution in [2.45, 2.75) is 33.4 Å². The van der Waals surface area contributed by atoms with Crippen molar-refractivity contribution in [3.8, 4) is 5.75 Å². The largest absolute Gasteiger partial charge is 0.496 e. The summed E-state index contributed by atoms with van der Waals surface area (Å²) in [6.07, 6.45) is 0. The Morgan fingerprint density at radius 2 is 1.95 bits per heavy atom. The first-order valence-corrected chi connectivity index (χ1v) is 7.02. The van der Waals surface area contributed by atoms with Crippen LogP contribution in [0.1, 0.15) is 35.5 Å². The summed E-state index contributed by atoms with van der Waals surface area (Å²) < 4.78 is 7.65. The molecule has 108 valence electrons. The summed E-state index contributed by atoms with van der Waals surface area (Å²) >= 11 is 0. The molecule has 0 amide bonds. The van der Waals surface area contributed by atoms with E-state index in [4.69, 9.17) is 4.74 Å². The highest BCUT2D eigenvalue weighted by atomic mass is 16.5. The minimum Gasteiger partial charge on any atom is -0.496 e. The second kappa shape index (κ2) is 6.14. The smallest absolute Gasteiger partial charge is 0.123 e. The minimum absolute atomic E-state index is 0.256. The van der Waals surface area contributed by atoms with Crippen molar-refractivity contribution >= 4 is 0 Å². The number of rotatable bonds is 5. The topological polar surface area (TPSA) is 26.2 Å². The van der Waals surface area contributed by atoms with E-state index in [2.05, 4.69) is 49.8 Å². The van der Waals surface area contributed by atoms with Gasteiger partial charge in [-0.25, -0.2) is 0 Å². The van der Waals surface area contributed by atoms with Gasteiger partial charge in [-0.1, -0.05) is 18.2 Å². The summed E-state index contributed by atoms with van der Waals surface area (Å²) in [6.45, 7) is 7.34. The predicted octanol–water partition coefficient (Wildman–Crippen LogP) is 3.50. The molecule has 1 heterocycles. The highest BCUT2D eigenvalue weighted by Gasteiger charge is 2.12. The van der Waals surface area contributed by atoms with Gasteiger partial charge in [-0.2, -0.15) is 0 Å². The molecule has 0 aliphatic rings. The maximum absolute atomic E-state index is 5.42. The lowest BCUT2D eigenvalue weighted by molar-refractivity contribution is 0.401. The van der Waals surface area contributed by atoms with E-state index in [0.717, 1.165) is 12.3 Å². The minimum atomic E-state index is 0.256. The summed E-state index contributed by atoms with van der Waals surface area (Å²) in [7, 11) is 3.83. The average Bonchev–Trinajstić information content (AvgIpc) is 2.72. The number of benzene rings is 1. The molecule has 2 aromatic rings. The fraction of sp³-hybridized carbons (Fsp3) is 0.412. The van der Waals surface area contributed by atoms with Crippen molar-refractivity contribution in [1.82, 2.24) is 9.88 Å². The molecule has 1 unspecified atom stereocenters. The van der Waals surface area contributed by atoms with Gasteiger partial charge in [-0.15, -0.1) is 0 Å². The molecular weight excluding hydrogens is 248 g/mol. The molecule has 1 aromatic carbocycles. The number of hydrogen-bond donors (Lipinski definition) is 1. The Hall–Kier alpha value is -1.74. The molecule has 0 aliphatic carbocycles. The standard InChI is InChI=1S/C17H24N2O/c1-12-10-15(14(3)19(12)4)11-18-13(2)16-8-6-7-9-17(16)20-5/h6-10,13,18H,11H2,1-5H3. The lowest BCUT2D eigenvalue weighted by atomic mass is 10.1. The van der Waals surface area contributed by atoms with E-state index in [1.165, 1.54) is 22.5 Å². The number of hydrogen-bond acceptors (Lipinski definition) is 2. The number of aryl methyl sites for hydroxylation is 1. The SMILES string of the molecule is COc1ccccc1C(C)NCc1cc(C)n(C)c1C. The van der Waals surface area contributed by atoms with Gasteiger partial charge in [0.15, 0.2) is 0 Å². The van der Waals surface area contributed by atoms with Crippen molar-refractivity contribution in [3.05, 3.63) is 52.8 Å². The molecule has 20 heavy (non-hydrogen) atoms. The van der Waals surface area contributed by atoms with E-state index >= 15 is 0 Å². The van der Waals surface area contributed by atoms with Gasteiger partial charge in [0.2, 0.25) is 0 Å². The molecule has 3 heteroatoms. The first kappa shape index (κ1) is 14.7. The Balaban J connectivity index is 2.08. The number of para-hydroxylation sites is 1. The third-order valence-electron chi connectivity index (χ3n) is 4.08. The number of aromatic nitrogens is 1. The van der Waals surface area contributed by atoms with Gasteiger partial charge in [0, 0.05) is 36.6 Å². The lowest BCUT2D eigenvalue weighted by Crippen LogP contribution is -2.19. The number of ether oxygens (including phenoxy) is 1. The van der Waals surface area contributed by atoms with E-state index in [9.17, 15) is 0 Å². The van der Waals surface area contributed by atoms with Crippen LogP contribution in [0.4, 0.5) is 0 Å². The van der Waals surface area contributed by atoms with Crippen LogP contribution in [0.5, 0.6) is 5.75 Å². The number of methoxy groups -OCH3 is 1. The van der Waals surface area contributed by atoms with E-state index < -0.39 is 0 Å². The van der Waals surface area contributed by atoms with Crippen LogP contribution in [0.15, 0.2) is 30.3 Å². The van der Waals surface area contributed by atoms with Crippen molar-refractivity contribution in [3.63, 3.8) is 0 Å². The van der Waals surface area contributed by atoms with Crippen LogP contribution in [0.25, 0.3) is 0 Å². The van der Waals surface area contributed by atoms with Gasteiger partial charge in [-0.05, 0) is 38.5 Å². The maximum atomic E-state index is 5.42. The summed E-state index contributed by atoms with van der Waals surface area (Å²) in [5.74, 6) is 0.938. The van der Waals surface area contributed by atoms with Gasteiger partial charge in [-0.3, -0.25) is 0 Å². The molecule has 1 atom stereocenters. The second-order valence-electron chi connectivity index (χ2n) is 5.30. The molecule has 0 saturated carbocycles. The molecule has 2 rings (SSSR count). The Labute approximate surface area is 121 Å². The zero-order valence-electron chi connectivity index (χ0n) is 13.0. The van der Waals surface area contributed by atoms with E-state index in [-0.39, 0.29) is 6.04 Å². The fourth-order valence-electron chi connectivity index (χ4n) is 2.51. The van der Waals surface area contributed by atoms with Gasteiger partial charge >= 0.3 is 0 Å². The monoisotopic (exact) mass is 272 g/mol. The first-order valence-electron chi connectivity index (χ1n) is 7.02. The van der Waals surface area contributed by atoms with Gasteiger partial charge in [0.25, 0.3) is 0 Å². The Morgan fingerprint density at radius 3 is 2.55 bits per heavy atom. The first-order chi connectivity index (χ1) is 9.54. The van der Waals surface area contributed by atoms with Crippen LogP contribution in [0, 0.1) is 13.8 Å². The van der Waals surface area contributed by atoms with E-state index in [1.807, 2.05) is 18.2 Å². The molecule has 3 nitrogen and oxygen atoms in total. The van der Waals surface area contributed by atoms with Crippen molar-refractivity contribution < 1.29 is 4.74 Å². The molecule has 0 fully saturated rings. The molecule has 0 aliphatic heterocycles. The molecular formula is C17H24N2O. The third kappa shape index (κ3) is 2.88.